The summed E-state index contributed by atoms with van der Waals surface area (Å²) in [7, 11) is 0. The number of hydrogen-bond donors (Lipinski definition) is 2. The Bertz CT molecular complexity index is 299. The van der Waals surface area contributed by atoms with Crippen LogP contribution in [0.5, 0.6) is 0 Å². The fraction of sp³-hybridized carbons (Fsp3) is 0.933. The molecular formula is C15H30N2O2. The van der Waals surface area contributed by atoms with Crippen molar-refractivity contribution in [3.8, 4) is 0 Å². The number of likely N-dealkylation sites (N-methyl/N-ethyl adjacent to an activating group) is 1. The van der Waals surface area contributed by atoms with E-state index in [0.29, 0.717) is 0 Å². The van der Waals surface area contributed by atoms with Gasteiger partial charge in [0.25, 0.3) is 0 Å². The van der Waals surface area contributed by atoms with Crippen LogP contribution in [0, 0.1) is 11.3 Å². The fourth-order valence-corrected chi connectivity index (χ4v) is 2.61. The molecule has 0 spiro atoms. The first-order valence-electron chi connectivity index (χ1n) is 7.49. The molecule has 0 bridgehead atoms. The highest BCUT2D eigenvalue weighted by atomic mass is 16.3. The van der Waals surface area contributed by atoms with Crippen LogP contribution in [0.4, 0.5) is 0 Å². The second-order valence-corrected chi connectivity index (χ2v) is 6.74. The van der Waals surface area contributed by atoms with Crippen molar-refractivity contribution in [2.45, 2.75) is 59.6 Å². The predicted molar refractivity (Wildman–Crippen MR) is 77.9 cm³/mol. The summed E-state index contributed by atoms with van der Waals surface area (Å²) in [6.07, 6.45) is 1.40. The topological polar surface area (TPSA) is 52.6 Å². The molecule has 1 amide bonds. The van der Waals surface area contributed by atoms with E-state index in [1.807, 2.05) is 27.7 Å². The first-order chi connectivity index (χ1) is 8.77. The molecule has 1 aliphatic rings. The third kappa shape index (κ3) is 4.77. The van der Waals surface area contributed by atoms with Crippen LogP contribution >= 0.6 is 0 Å². The minimum Gasteiger partial charge on any atom is -0.393 e. The number of rotatable bonds is 4. The lowest BCUT2D eigenvalue weighted by molar-refractivity contribution is -0.130. The van der Waals surface area contributed by atoms with Gasteiger partial charge in [-0.1, -0.05) is 34.6 Å². The number of aliphatic hydroxyl groups is 1. The van der Waals surface area contributed by atoms with E-state index >= 15 is 0 Å². The van der Waals surface area contributed by atoms with E-state index in [2.05, 4.69) is 17.1 Å². The molecule has 1 heterocycles. The second kappa shape index (κ2) is 6.71. The largest absolute Gasteiger partial charge is 0.393 e. The Labute approximate surface area is 117 Å². The quantitative estimate of drug-likeness (QED) is 0.816. The molecule has 0 aromatic heterocycles. The third-order valence-corrected chi connectivity index (χ3v) is 3.98. The van der Waals surface area contributed by atoms with Crippen LogP contribution in [0.3, 0.4) is 0 Å². The maximum atomic E-state index is 12.1. The standard InChI is InChI=1S/C15H30N2O2/c1-6-13(18)11-8-12(10-17(7-2)9-11)16-14(19)15(3,4)5/h11-13,18H,6-10H2,1-5H3,(H,16,19). The average Bonchev–Trinajstić information content (AvgIpc) is 2.36. The Balaban J connectivity index is 2.64. The van der Waals surface area contributed by atoms with Gasteiger partial charge in [0.15, 0.2) is 0 Å². The van der Waals surface area contributed by atoms with Gasteiger partial charge in [-0.15, -0.1) is 0 Å². The monoisotopic (exact) mass is 270 g/mol. The molecule has 4 nitrogen and oxygen atoms in total. The maximum Gasteiger partial charge on any atom is 0.225 e. The zero-order valence-corrected chi connectivity index (χ0v) is 13.1. The van der Waals surface area contributed by atoms with Gasteiger partial charge in [0, 0.05) is 24.5 Å². The molecule has 1 aliphatic heterocycles. The van der Waals surface area contributed by atoms with Gasteiger partial charge in [0.2, 0.25) is 5.91 Å². The van der Waals surface area contributed by atoms with Gasteiger partial charge in [-0.25, -0.2) is 0 Å². The normalized spacial score (nSPS) is 27.1. The zero-order chi connectivity index (χ0) is 14.6. The van der Waals surface area contributed by atoms with Gasteiger partial charge in [0.1, 0.15) is 0 Å². The number of nitrogens with zero attached hydrogens (tertiary/aromatic N) is 1. The van der Waals surface area contributed by atoms with Gasteiger partial charge in [0.05, 0.1) is 6.10 Å². The van der Waals surface area contributed by atoms with E-state index < -0.39 is 0 Å². The summed E-state index contributed by atoms with van der Waals surface area (Å²) in [5, 5.41) is 13.2. The smallest absolute Gasteiger partial charge is 0.225 e. The van der Waals surface area contributed by atoms with Gasteiger partial charge in [-0.3, -0.25) is 4.79 Å². The fourth-order valence-electron chi connectivity index (χ4n) is 2.61. The number of carbonyl (C=O) groups is 1. The Morgan fingerprint density at radius 3 is 2.47 bits per heavy atom. The molecule has 0 aromatic carbocycles. The SMILES string of the molecule is CCC(O)C1CC(NC(=O)C(C)(C)C)CN(CC)C1. The molecule has 3 atom stereocenters. The Kier molecular flexibility index (Phi) is 5.81. The summed E-state index contributed by atoms with van der Waals surface area (Å²) in [6.45, 7) is 12.7. The van der Waals surface area contributed by atoms with Crippen LogP contribution in [-0.2, 0) is 4.79 Å². The third-order valence-electron chi connectivity index (χ3n) is 3.98. The Hall–Kier alpha value is -0.610. The van der Waals surface area contributed by atoms with Crippen molar-refractivity contribution in [1.29, 1.82) is 0 Å². The molecule has 0 radical (unpaired) electrons. The van der Waals surface area contributed by atoms with Gasteiger partial charge >= 0.3 is 0 Å². The van der Waals surface area contributed by atoms with Crippen molar-refractivity contribution in [3.63, 3.8) is 0 Å². The Morgan fingerprint density at radius 2 is 2.00 bits per heavy atom. The zero-order valence-electron chi connectivity index (χ0n) is 13.1. The molecular weight excluding hydrogens is 240 g/mol. The summed E-state index contributed by atoms with van der Waals surface area (Å²) >= 11 is 0. The number of nitrogens with one attached hydrogen (secondary N) is 1. The van der Waals surface area contributed by atoms with E-state index in [0.717, 1.165) is 32.5 Å². The Morgan fingerprint density at radius 1 is 1.37 bits per heavy atom. The second-order valence-electron chi connectivity index (χ2n) is 6.74. The van der Waals surface area contributed by atoms with Crippen LogP contribution in [-0.4, -0.2) is 47.7 Å². The van der Waals surface area contributed by atoms with Crippen molar-refractivity contribution in [2.24, 2.45) is 11.3 Å². The predicted octanol–water partition coefficient (Wildman–Crippen LogP) is 1.63. The molecule has 0 saturated carbocycles. The highest BCUT2D eigenvalue weighted by Crippen LogP contribution is 2.23. The molecule has 4 heteroatoms. The lowest BCUT2D eigenvalue weighted by Gasteiger charge is -2.40. The lowest BCUT2D eigenvalue weighted by atomic mass is 9.87. The molecule has 19 heavy (non-hydrogen) atoms. The summed E-state index contributed by atoms with van der Waals surface area (Å²) < 4.78 is 0. The van der Waals surface area contributed by atoms with Crippen molar-refractivity contribution in [2.75, 3.05) is 19.6 Å². The minimum absolute atomic E-state index is 0.0974. The molecule has 0 aromatic rings. The number of hydrogen-bond acceptors (Lipinski definition) is 3. The van der Waals surface area contributed by atoms with Crippen molar-refractivity contribution in [1.82, 2.24) is 10.2 Å². The van der Waals surface area contributed by atoms with E-state index in [9.17, 15) is 9.90 Å². The number of likely N-dealkylation sites (tertiary alicyclic amines) is 1. The molecule has 1 rings (SSSR count). The first-order valence-corrected chi connectivity index (χ1v) is 7.49. The van der Waals surface area contributed by atoms with E-state index in [4.69, 9.17) is 0 Å². The number of amides is 1. The summed E-state index contributed by atoms with van der Waals surface area (Å²) in [6, 6.07) is 0.159. The molecule has 1 fully saturated rings. The average molecular weight is 270 g/mol. The molecule has 0 aliphatic carbocycles. The van der Waals surface area contributed by atoms with Gasteiger partial charge in [-0.2, -0.15) is 0 Å². The summed E-state index contributed by atoms with van der Waals surface area (Å²) in [5.41, 5.74) is -0.354. The molecule has 3 unspecified atom stereocenters. The highest BCUT2D eigenvalue weighted by molar-refractivity contribution is 5.81. The highest BCUT2D eigenvalue weighted by Gasteiger charge is 2.32. The van der Waals surface area contributed by atoms with Crippen molar-refractivity contribution in [3.05, 3.63) is 0 Å². The maximum absolute atomic E-state index is 12.1. The number of aliphatic hydroxyl groups excluding tert-OH is 1. The summed E-state index contributed by atoms with van der Waals surface area (Å²) in [4.78, 5) is 14.4. The molecule has 1 saturated heterocycles. The number of carbonyl (C=O) groups excluding carboxylic acids is 1. The molecule has 112 valence electrons. The minimum atomic E-state index is -0.354. The van der Waals surface area contributed by atoms with E-state index in [1.54, 1.807) is 0 Å². The first kappa shape index (κ1) is 16.4. The molecule has 2 N–H and O–H groups in total. The van der Waals surface area contributed by atoms with Gasteiger partial charge < -0.3 is 15.3 Å². The van der Waals surface area contributed by atoms with Crippen LogP contribution in [0.25, 0.3) is 0 Å². The lowest BCUT2D eigenvalue weighted by Crippen LogP contribution is -2.54. The van der Waals surface area contributed by atoms with Crippen LogP contribution < -0.4 is 5.32 Å². The van der Waals surface area contributed by atoms with Crippen LogP contribution in [0.15, 0.2) is 0 Å². The van der Waals surface area contributed by atoms with Crippen LogP contribution in [0.2, 0.25) is 0 Å². The van der Waals surface area contributed by atoms with E-state index in [-0.39, 0.29) is 29.4 Å². The van der Waals surface area contributed by atoms with Crippen molar-refractivity contribution >= 4 is 5.91 Å². The van der Waals surface area contributed by atoms with Gasteiger partial charge in [-0.05, 0) is 25.3 Å². The van der Waals surface area contributed by atoms with E-state index in [1.165, 1.54) is 0 Å². The van der Waals surface area contributed by atoms with Crippen molar-refractivity contribution < 1.29 is 9.90 Å². The van der Waals surface area contributed by atoms with Crippen LogP contribution in [0.1, 0.15) is 47.5 Å². The summed E-state index contributed by atoms with van der Waals surface area (Å²) in [5.74, 6) is 0.365. The number of piperidine rings is 1.